The Kier molecular flexibility index (Phi) is 3.29. The molecule has 0 saturated carbocycles. The Morgan fingerprint density at radius 2 is 2.05 bits per heavy atom. The molecule has 20 heavy (non-hydrogen) atoms. The standard InChI is InChI=1S/C16H17N3O/c1-2-19-11-13(9-18-19)17-10-15-14-6-4-3-5-12(14)7-8-16(15)20/h3-9,11,17,20H,2,10H2,1H3. The van der Waals surface area contributed by atoms with Crippen LogP contribution in [-0.4, -0.2) is 14.9 Å². The van der Waals surface area contributed by atoms with Crippen LogP contribution in [0.4, 0.5) is 5.69 Å². The minimum Gasteiger partial charge on any atom is -0.508 e. The molecule has 2 aromatic carbocycles. The molecule has 1 aromatic heterocycles. The Morgan fingerprint density at radius 1 is 1.20 bits per heavy atom. The summed E-state index contributed by atoms with van der Waals surface area (Å²) >= 11 is 0. The Balaban J connectivity index is 1.88. The van der Waals surface area contributed by atoms with Gasteiger partial charge in [0.25, 0.3) is 0 Å². The van der Waals surface area contributed by atoms with Gasteiger partial charge in [-0.05, 0) is 23.8 Å². The second kappa shape index (κ2) is 5.25. The lowest BCUT2D eigenvalue weighted by molar-refractivity contribution is 0.470. The number of hydrogen-bond acceptors (Lipinski definition) is 3. The average Bonchev–Trinajstić information content (AvgIpc) is 2.94. The number of fused-ring (bicyclic) bond motifs is 1. The molecule has 0 aliphatic rings. The summed E-state index contributed by atoms with van der Waals surface area (Å²) in [6, 6.07) is 11.7. The highest BCUT2D eigenvalue weighted by Crippen LogP contribution is 2.27. The quantitative estimate of drug-likeness (QED) is 0.762. The second-order valence-corrected chi connectivity index (χ2v) is 4.72. The molecule has 0 aliphatic carbocycles. The van der Waals surface area contributed by atoms with Crippen molar-refractivity contribution in [1.82, 2.24) is 9.78 Å². The number of anilines is 1. The van der Waals surface area contributed by atoms with Crippen LogP contribution >= 0.6 is 0 Å². The summed E-state index contributed by atoms with van der Waals surface area (Å²) in [5.74, 6) is 0.319. The first kappa shape index (κ1) is 12.5. The molecule has 0 atom stereocenters. The van der Waals surface area contributed by atoms with Crippen LogP contribution < -0.4 is 5.32 Å². The Hall–Kier alpha value is -2.49. The van der Waals surface area contributed by atoms with Gasteiger partial charge >= 0.3 is 0 Å². The largest absolute Gasteiger partial charge is 0.508 e. The molecule has 0 spiro atoms. The van der Waals surface area contributed by atoms with Crippen LogP contribution in [0.2, 0.25) is 0 Å². The number of phenolic OH excluding ortho intramolecular Hbond substituents is 1. The first-order valence-corrected chi connectivity index (χ1v) is 6.74. The zero-order valence-corrected chi connectivity index (χ0v) is 11.4. The van der Waals surface area contributed by atoms with E-state index >= 15 is 0 Å². The molecule has 0 amide bonds. The van der Waals surface area contributed by atoms with Crippen LogP contribution in [0.5, 0.6) is 5.75 Å². The number of benzene rings is 2. The van der Waals surface area contributed by atoms with Crippen LogP contribution in [0.15, 0.2) is 48.8 Å². The van der Waals surface area contributed by atoms with Gasteiger partial charge in [-0.25, -0.2) is 0 Å². The zero-order valence-electron chi connectivity index (χ0n) is 11.4. The normalized spacial score (nSPS) is 10.8. The number of aromatic hydroxyl groups is 1. The van der Waals surface area contributed by atoms with E-state index < -0.39 is 0 Å². The molecule has 4 nitrogen and oxygen atoms in total. The van der Waals surface area contributed by atoms with Crippen LogP contribution in [0.3, 0.4) is 0 Å². The summed E-state index contributed by atoms with van der Waals surface area (Å²) in [5, 5.41) is 19.8. The molecule has 2 N–H and O–H groups in total. The minimum absolute atomic E-state index is 0.319. The third kappa shape index (κ3) is 2.32. The van der Waals surface area contributed by atoms with Gasteiger partial charge in [-0.3, -0.25) is 4.68 Å². The van der Waals surface area contributed by atoms with Gasteiger partial charge in [-0.2, -0.15) is 5.10 Å². The van der Waals surface area contributed by atoms with Crippen molar-refractivity contribution < 1.29 is 5.11 Å². The summed E-state index contributed by atoms with van der Waals surface area (Å²) in [6.45, 7) is 3.47. The first-order valence-electron chi connectivity index (χ1n) is 6.74. The monoisotopic (exact) mass is 267 g/mol. The van der Waals surface area contributed by atoms with Crippen molar-refractivity contribution >= 4 is 16.5 Å². The molecule has 0 saturated heterocycles. The summed E-state index contributed by atoms with van der Waals surface area (Å²) in [6.07, 6.45) is 3.76. The number of nitrogens with zero attached hydrogens (tertiary/aromatic N) is 2. The van der Waals surface area contributed by atoms with E-state index in [0.717, 1.165) is 28.6 Å². The minimum atomic E-state index is 0.319. The third-order valence-corrected chi connectivity index (χ3v) is 3.44. The fraction of sp³-hybridized carbons (Fsp3) is 0.188. The second-order valence-electron chi connectivity index (χ2n) is 4.72. The predicted octanol–water partition coefficient (Wildman–Crippen LogP) is 3.37. The maximum Gasteiger partial charge on any atom is 0.121 e. The molecular weight excluding hydrogens is 250 g/mol. The van der Waals surface area contributed by atoms with Crippen molar-refractivity contribution in [3.63, 3.8) is 0 Å². The van der Waals surface area contributed by atoms with Crippen molar-refractivity contribution in [1.29, 1.82) is 0 Å². The zero-order chi connectivity index (χ0) is 13.9. The SMILES string of the molecule is CCn1cc(NCc2c(O)ccc3ccccc23)cn1. The van der Waals surface area contributed by atoms with E-state index in [4.69, 9.17) is 0 Å². The maximum atomic E-state index is 10.1. The first-order chi connectivity index (χ1) is 9.78. The molecule has 0 unspecified atom stereocenters. The van der Waals surface area contributed by atoms with E-state index in [2.05, 4.69) is 10.4 Å². The van der Waals surface area contributed by atoms with Gasteiger partial charge in [0.05, 0.1) is 11.9 Å². The molecule has 1 heterocycles. The molecule has 0 radical (unpaired) electrons. The molecule has 3 aromatic rings. The van der Waals surface area contributed by atoms with Gasteiger partial charge in [0.1, 0.15) is 5.75 Å². The van der Waals surface area contributed by atoms with Crippen LogP contribution in [0.25, 0.3) is 10.8 Å². The van der Waals surface area contributed by atoms with Crippen molar-refractivity contribution in [2.75, 3.05) is 5.32 Å². The number of nitrogens with one attached hydrogen (secondary N) is 1. The molecule has 3 rings (SSSR count). The van der Waals surface area contributed by atoms with Crippen molar-refractivity contribution in [2.45, 2.75) is 20.0 Å². The van der Waals surface area contributed by atoms with Crippen LogP contribution in [0.1, 0.15) is 12.5 Å². The predicted molar refractivity (Wildman–Crippen MR) is 80.8 cm³/mol. The highest BCUT2D eigenvalue weighted by atomic mass is 16.3. The lowest BCUT2D eigenvalue weighted by atomic mass is 10.0. The molecular formula is C16H17N3O. The van der Waals surface area contributed by atoms with Crippen LogP contribution in [-0.2, 0) is 13.1 Å². The van der Waals surface area contributed by atoms with E-state index in [1.807, 2.05) is 48.1 Å². The number of phenols is 1. The highest BCUT2D eigenvalue weighted by molar-refractivity contribution is 5.87. The van der Waals surface area contributed by atoms with E-state index in [1.165, 1.54) is 0 Å². The summed E-state index contributed by atoms with van der Waals surface area (Å²) in [4.78, 5) is 0. The van der Waals surface area contributed by atoms with Crippen molar-refractivity contribution in [2.24, 2.45) is 0 Å². The lowest BCUT2D eigenvalue weighted by Gasteiger charge is -2.10. The smallest absolute Gasteiger partial charge is 0.121 e. The van der Waals surface area contributed by atoms with E-state index in [-0.39, 0.29) is 0 Å². The van der Waals surface area contributed by atoms with Gasteiger partial charge in [-0.15, -0.1) is 0 Å². The maximum absolute atomic E-state index is 10.1. The number of rotatable bonds is 4. The van der Waals surface area contributed by atoms with Crippen molar-refractivity contribution in [3.05, 3.63) is 54.4 Å². The Morgan fingerprint density at radius 3 is 2.85 bits per heavy atom. The van der Waals surface area contributed by atoms with Gasteiger partial charge in [0.2, 0.25) is 0 Å². The summed E-state index contributed by atoms with van der Waals surface area (Å²) in [7, 11) is 0. The van der Waals surface area contributed by atoms with E-state index in [0.29, 0.717) is 12.3 Å². The van der Waals surface area contributed by atoms with Gasteiger partial charge in [0, 0.05) is 24.8 Å². The van der Waals surface area contributed by atoms with E-state index in [1.54, 1.807) is 12.3 Å². The molecule has 4 heteroatoms. The number of hydrogen-bond donors (Lipinski definition) is 2. The lowest BCUT2D eigenvalue weighted by Crippen LogP contribution is -2.00. The fourth-order valence-electron chi connectivity index (χ4n) is 2.33. The van der Waals surface area contributed by atoms with Gasteiger partial charge in [-0.1, -0.05) is 30.3 Å². The van der Waals surface area contributed by atoms with Crippen LogP contribution in [0, 0.1) is 0 Å². The summed E-state index contributed by atoms with van der Waals surface area (Å²) < 4.78 is 1.87. The van der Waals surface area contributed by atoms with Gasteiger partial charge in [0.15, 0.2) is 0 Å². The van der Waals surface area contributed by atoms with Gasteiger partial charge < -0.3 is 10.4 Å². The fourth-order valence-corrected chi connectivity index (χ4v) is 2.33. The number of aromatic nitrogens is 2. The highest BCUT2D eigenvalue weighted by Gasteiger charge is 2.07. The third-order valence-electron chi connectivity index (χ3n) is 3.44. The number of aryl methyl sites for hydroxylation is 1. The average molecular weight is 267 g/mol. The van der Waals surface area contributed by atoms with Crippen molar-refractivity contribution in [3.8, 4) is 5.75 Å². The van der Waals surface area contributed by atoms with E-state index in [9.17, 15) is 5.11 Å². The molecule has 0 fully saturated rings. The Labute approximate surface area is 117 Å². The Bertz CT molecular complexity index is 733. The molecule has 0 bridgehead atoms. The molecule has 102 valence electrons. The topological polar surface area (TPSA) is 50.1 Å². The summed E-state index contributed by atoms with van der Waals surface area (Å²) in [5.41, 5.74) is 1.87. The molecule has 0 aliphatic heterocycles.